The smallest absolute Gasteiger partial charge is 0.279 e. The van der Waals surface area contributed by atoms with Crippen LogP contribution in [0.1, 0.15) is 42.3 Å². The van der Waals surface area contributed by atoms with E-state index in [4.69, 9.17) is 0 Å². The summed E-state index contributed by atoms with van der Waals surface area (Å²) in [6.45, 7) is 10.1. The predicted octanol–water partition coefficient (Wildman–Crippen LogP) is 4.26. The van der Waals surface area contributed by atoms with Gasteiger partial charge in [0.2, 0.25) is 0 Å². The molecule has 1 heterocycles. The molecule has 0 unspecified atom stereocenters. The summed E-state index contributed by atoms with van der Waals surface area (Å²) in [5, 5.41) is -0.507. The molecule has 148 valence electrons. The lowest BCUT2D eigenvalue weighted by Crippen LogP contribution is -2.16. The van der Waals surface area contributed by atoms with Gasteiger partial charge in [0.25, 0.3) is 5.91 Å². The Hall–Kier alpha value is -2.25. The van der Waals surface area contributed by atoms with Gasteiger partial charge >= 0.3 is 0 Å². The number of hydrogen-bond acceptors (Lipinski definition) is 4. The van der Waals surface area contributed by atoms with Crippen LogP contribution in [0.5, 0.6) is 0 Å². The highest BCUT2D eigenvalue weighted by molar-refractivity contribution is 7.92. The number of carbonyl (C=O) groups is 1. The number of carbonyl (C=O) groups excluding carboxylic acids is 1. The molecule has 0 spiro atoms. The SMILES string of the molecule is CCn1c(=NC(=O)c2ccc(S(=O)(=O)C(C)C)cc2)sc2c(C)cc(C)cc21. The van der Waals surface area contributed by atoms with Crippen molar-refractivity contribution in [1.29, 1.82) is 0 Å². The van der Waals surface area contributed by atoms with Gasteiger partial charge in [-0.05, 0) is 76.1 Å². The molecule has 0 aliphatic heterocycles. The zero-order valence-electron chi connectivity index (χ0n) is 16.7. The molecule has 0 atom stereocenters. The summed E-state index contributed by atoms with van der Waals surface area (Å²) in [5.74, 6) is -0.378. The Morgan fingerprint density at radius 1 is 1.14 bits per heavy atom. The molecular weight excluding hydrogens is 392 g/mol. The topological polar surface area (TPSA) is 68.5 Å². The van der Waals surface area contributed by atoms with Crippen molar-refractivity contribution < 1.29 is 13.2 Å². The van der Waals surface area contributed by atoms with E-state index in [9.17, 15) is 13.2 Å². The fourth-order valence-electron chi connectivity index (χ4n) is 3.11. The molecule has 0 aliphatic rings. The monoisotopic (exact) mass is 416 g/mol. The summed E-state index contributed by atoms with van der Waals surface area (Å²) in [6.07, 6.45) is 0. The van der Waals surface area contributed by atoms with E-state index in [2.05, 4.69) is 31.0 Å². The minimum Gasteiger partial charge on any atom is -0.317 e. The number of sulfone groups is 1. The summed E-state index contributed by atoms with van der Waals surface area (Å²) < 4.78 is 27.6. The van der Waals surface area contributed by atoms with E-state index in [0.717, 1.165) is 10.2 Å². The van der Waals surface area contributed by atoms with Crippen molar-refractivity contribution in [3.05, 3.63) is 57.9 Å². The molecule has 2 aromatic carbocycles. The van der Waals surface area contributed by atoms with Crippen molar-refractivity contribution in [2.24, 2.45) is 4.99 Å². The van der Waals surface area contributed by atoms with Crippen LogP contribution in [0.2, 0.25) is 0 Å². The molecule has 5 nitrogen and oxygen atoms in total. The lowest BCUT2D eigenvalue weighted by molar-refractivity contribution is 0.0997. The van der Waals surface area contributed by atoms with Crippen LogP contribution < -0.4 is 4.80 Å². The summed E-state index contributed by atoms with van der Waals surface area (Å²) in [6, 6.07) is 10.2. The number of hydrogen-bond donors (Lipinski definition) is 0. The van der Waals surface area contributed by atoms with Crippen LogP contribution in [0, 0.1) is 13.8 Å². The molecule has 3 aromatic rings. The maximum absolute atomic E-state index is 12.7. The highest BCUT2D eigenvalue weighted by Gasteiger charge is 2.19. The normalized spacial score (nSPS) is 12.9. The second kappa shape index (κ2) is 7.64. The number of rotatable bonds is 4. The van der Waals surface area contributed by atoms with Crippen LogP contribution in [-0.2, 0) is 16.4 Å². The number of aryl methyl sites for hydroxylation is 3. The number of amides is 1. The van der Waals surface area contributed by atoms with E-state index in [1.807, 2.05) is 11.5 Å². The highest BCUT2D eigenvalue weighted by atomic mass is 32.2. The third-order valence-corrected chi connectivity index (χ3v) is 8.08. The molecule has 28 heavy (non-hydrogen) atoms. The summed E-state index contributed by atoms with van der Waals surface area (Å²) >= 11 is 1.50. The summed E-state index contributed by atoms with van der Waals surface area (Å²) in [5.41, 5.74) is 3.79. The van der Waals surface area contributed by atoms with E-state index < -0.39 is 15.1 Å². The van der Waals surface area contributed by atoms with Crippen LogP contribution in [0.25, 0.3) is 10.2 Å². The van der Waals surface area contributed by atoms with Crippen LogP contribution in [0.4, 0.5) is 0 Å². The van der Waals surface area contributed by atoms with Gasteiger partial charge in [-0.1, -0.05) is 17.4 Å². The predicted molar refractivity (Wildman–Crippen MR) is 114 cm³/mol. The minimum atomic E-state index is -3.36. The van der Waals surface area contributed by atoms with E-state index in [-0.39, 0.29) is 10.8 Å². The lowest BCUT2D eigenvalue weighted by atomic mass is 10.1. The molecule has 0 fully saturated rings. The van der Waals surface area contributed by atoms with E-state index in [0.29, 0.717) is 16.9 Å². The largest absolute Gasteiger partial charge is 0.317 e. The molecule has 1 aromatic heterocycles. The Morgan fingerprint density at radius 3 is 2.36 bits per heavy atom. The number of aromatic nitrogens is 1. The molecule has 0 N–H and O–H groups in total. The van der Waals surface area contributed by atoms with E-state index in [1.165, 1.54) is 46.7 Å². The van der Waals surface area contributed by atoms with Gasteiger partial charge in [0.05, 0.1) is 20.4 Å². The first-order valence-corrected chi connectivity index (χ1v) is 11.5. The van der Waals surface area contributed by atoms with Crippen molar-refractivity contribution in [3.8, 4) is 0 Å². The minimum absolute atomic E-state index is 0.218. The van der Waals surface area contributed by atoms with Gasteiger partial charge in [0, 0.05) is 12.1 Å². The van der Waals surface area contributed by atoms with Crippen molar-refractivity contribution in [2.75, 3.05) is 0 Å². The van der Waals surface area contributed by atoms with Crippen molar-refractivity contribution >= 4 is 37.3 Å². The van der Waals surface area contributed by atoms with Gasteiger partial charge < -0.3 is 4.57 Å². The molecular formula is C21H24N2O3S2. The molecule has 0 saturated carbocycles. The first kappa shape index (κ1) is 20.5. The number of fused-ring (bicyclic) bond motifs is 1. The fraction of sp³-hybridized carbons (Fsp3) is 0.333. The van der Waals surface area contributed by atoms with E-state index >= 15 is 0 Å². The fourth-order valence-corrected chi connectivity index (χ4v) is 5.32. The van der Waals surface area contributed by atoms with Gasteiger partial charge in [-0.2, -0.15) is 4.99 Å². The van der Waals surface area contributed by atoms with Crippen LogP contribution in [-0.4, -0.2) is 24.1 Å². The molecule has 0 radical (unpaired) electrons. The van der Waals surface area contributed by atoms with Crippen LogP contribution in [0.15, 0.2) is 46.3 Å². The highest BCUT2D eigenvalue weighted by Crippen LogP contribution is 2.23. The first-order chi connectivity index (χ1) is 13.1. The first-order valence-electron chi connectivity index (χ1n) is 9.18. The maximum Gasteiger partial charge on any atom is 0.279 e. The molecule has 0 bridgehead atoms. The standard InChI is InChI=1S/C21H24N2O3S2/c1-6-23-18-12-14(4)11-15(5)19(18)27-21(23)22-20(24)16-7-9-17(10-8-16)28(25,26)13(2)3/h7-13H,6H2,1-5H3. The van der Waals surface area contributed by atoms with Gasteiger partial charge in [-0.15, -0.1) is 0 Å². The second-order valence-corrected chi connectivity index (χ2v) is 10.6. The Bertz CT molecular complexity index is 1220. The average Bonchev–Trinajstić information content (AvgIpc) is 2.98. The van der Waals surface area contributed by atoms with E-state index in [1.54, 1.807) is 13.8 Å². The quantitative estimate of drug-likeness (QED) is 0.638. The van der Waals surface area contributed by atoms with Gasteiger partial charge in [0.15, 0.2) is 14.6 Å². The van der Waals surface area contributed by atoms with Crippen molar-refractivity contribution in [2.45, 2.75) is 51.3 Å². The molecule has 1 amide bonds. The van der Waals surface area contributed by atoms with Crippen LogP contribution in [0.3, 0.4) is 0 Å². The average molecular weight is 417 g/mol. The third-order valence-electron chi connectivity index (χ3n) is 4.68. The Labute approximate surface area is 169 Å². The molecule has 3 rings (SSSR count). The Kier molecular flexibility index (Phi) is 5.59. The molecule has 7 heteroatoms. The zero-order chi connectivity index (χ0) is 20.6. The second-order valence-electron chi connectivity index (χ2n) is 7.09. The zero-order valence-corrected chi connectivity index (χ0v) is 18.3. The number of thiazole rings is 1. The lowest BCUT2D eigenvalue weighted by Gasteiger charge is -2.07. The number of benzene rings is 2. The molecule has 0 saturated heterocycles. The molecule has 0 aliphatic carbocycles. The van der Waals surface area contributed by atoms with Gasteiger partial charge in [-0.3, -0.25) is 4.79 Å². The summed E-state index contributed by atoms with van der Waals surface area (Å²) in [4.78, 5) is 17.9. The Balaban J connectivity index is 2.05. The number of nitrogens with zero attached hydrogens (tertiary/aromatic N) is 2. The van der Waals surface area contributed by atoms with Crippen molar-refractivity contribution in [3.63, 3.8) is 0 Å². The van der Waals surface area contributed by atoms with Gasteiger partial charge in [0.1, 0.15) is 0 Å². The third kappa shape index (κ3) is 3.69. The maximum atomic E-state index is 12.7. The van der Waals surface area contributed by atoms with Crippen LogP contribution >= 0.6 is 11.3 Å². The Morgan fingerprint density at radius 2 is 1.79 bits per heavy atom. The van der Waals surface area contributed by atoms with Gasteiger partial charge in [-0.25, -0.2) is 8.42 Å². The summed E-state index contributed by atoms with van der Waals surface area (Å²) in [7, 11) is -3.36. The van der Waals surface area contributed by atoms with Crippen molar-refractivity contribution in [1.82, 2.24) is 4.57 Å².